The van der Waals surface area contributed by atoms with Gasteiger partial charge in [0.05, 0.1) is 23.5 Å². The monoisotopic (exact) mass is 344 g/mol. The predicted molar refractivity (Wildman–Crippen MR) is 89.3 cm³/mol. The molecule has 1 saturated heterocycles. The average Bonchev–Trinajstić information content (AvgIpc) is 2.68. The Morgan fingerprint density at radius 2 is 1.33 bits per heavy atom. The number of carbonyl (C=O) groups is 2. The Labute approximate surface area is 145 Å². The van der Waals surface area contributed by atoms with Gasteiger partial charge in [-0.2, -0.15) is 0 Å². The van der Waals surface area contributed by atoms with Crippen LogP contribution in [0, 0.1) is 10.8 Å². The van der Waals surface area contributed by atoms with Gasteiger partial charge in [-0.05, 0) is 55.4 Å². The molecule has 1 rings (SSSR count). The third-order valence-electron chi connectivity index (χ3n) is 3.52. The maximum atomic E-state index is 11.9. The first-order valence-corrected chi connectivity index (χ1v) is 8.42. The minimum absolute atomic E-state index is 0.122. The summed E-state index contributed by atoms with van der Waals surface area (Å²) in [4.78, 5) is 23.7. The molecule has 1 aliphatic rings. The molecule has 0 aliphatic carbocycles. The molecule has 0 amide bonds. The maximum Gasteiger partial charge on any atom is 0.311 e. The van der Waals surface area contributed by atoms with E-state index in [0.717, 1.165) is 0 Å². The van der Waals surface area contributed by atoms with Gasteiger partial charge in [0.25, 0.3) is 0 Å². The largest absolute Gasteiger partial charge is 0.465 e. The second-order valence-electron chi connectivity index (χ2n) is 8.74. The van der Waals surface area contributed by atoms with Crippen molar-refractivity contribution in [2.45, 2.75) is 79.8 Å². The summed E-state index contributed by atoms with van der Waals surface area (Å²) >= 11 is 0. The lowest BCUT2D eigenvalue weighted by Gasteiger charge is -2.21. The van der Waals surface area contributed by atoms with Crippen molar-refractivity contribution in [1.29, 1.82) is 0 Å². The molecule has 1 fully saturated rings. The van der Waals surface area contributed by atoms with E-state index in [2.05, 4.69) is 0 Å². The molecular formula is C18H32O6. The molecule has 1 aliphatic heterocycles. The maximum absolute atomic E-state index is 11.9. The zero-order valence-corrected chi connectivity index (χ0v) is 16.2. The Morgan fingerprint density at radius 1 is 0.875 bits per heavy atom. The lowest BCUT2D eigenvalue weighted by atomic mass is 9.97. The molecular weight excluding hydrogens is 312 g/mol. The fourth-order valence-electron chi connectivity index (χ4n) is 2.15. The van der Waals surface area contributed by atoms with E-state index in [1.807, 2.05) is 34.6 Å². The van der Waals surface area contributed by atoms with Gasteiger partial charge in [-0.25, -0.2) is 0 Å². The van der Waals surface area contributed by atoms with Gasteiger partial charge in [0.1, 0.15) is 12.7 Å². The summed E-state index contributed by atoms with van der Waals surface area (Å²) in [6.07, 6.45) is -0.177. The minimum atomic E-state index is -0.752. The van der Waals surface area contributed by atoms with E-state index in [0.29, 0.717) is 6.42 Å². The Morgan fingerprint density at radius 3 is 1.83 bits per heavy atom. The SMILES string of the molecule is CC1(C)O[C@@H](CCOC(=O)C(C)(C)C)[C@@H](COC(=O)C(C)(C)C)O1. The Bertz CT molecular complexity index is 455. The first-order valence-electron chi connectivity index (χ1n) is 8.42. The molecule has 1 heterocycles. The molecule has 6 heteroatoms. The van der Waals surface area contributed by atoms with E-state index < -0.39 is 16.6 Å². The second kappa shape index (κ2) is 7.40. The third kappa shape index (κ3) is 6.40. The topological polar surface area (TPSA) is 71.1 Å². The van der Waals surface area contributed by atoms with Crippen molar-refractivity contribution in [2.75, 3.05) is 13.2 Å². The molecule has 6 nitrogen and oxygen atoms in total. The molecule has 0 radical (unpaired) electrons. The lowest BCUT2D eigenvalue weighted by Crippen LogP contribution is -2.33. The standard InChI is InChI=1S/C18H32O6/c1-16(2,3)14(19)21-10-9-12-13(24-18(7,8)23-12)11-22-15(20)17(4,5)6/h12-13H,9-11H2,1-8H3/t12-,13+/m0/s1. The van der Waals surface area contributed by atoms with Gasteiger partial charge in [0, 0.05) is 6.42 Å². The summed E-state index contributed by atoms with van der Waals surface area (Å²) in [7, 11) is 0. The van der Waals surface area contributed by atoms with Gasteiger partial charge >= 0.3 is 11.9 Å². The van der Waals surface area contributed by atoms with Gasteiger partial charge < -0.3 is 18.9 Å². The summed E-state index contributed by atoms with van der Waals surface area (Å²) in [5.41, 5.74) is -1.10. The van der Waals surface area contributed by atoms with Gasteiger partial charge in [-0.15, -0.1) is 0 Å². The Kier molecular flexibility index (Phi) is 6.44. The van der Waals surface area contributed by atoms with E-state index in [4.69, 9.17) is 18.9 Å². The summed E-state index contributed by atoms with van der Waals surface area (Å²) < 4.78 is 22.3. The number of esters is 2. The quantitative estimate of drug-likeness (QED) is 0.714. The van der Waals surface area contributed by atoms with Crippen LogP contribution >= 0.6 is 0 Å². The number of carbonyl (C=O) groups excluding carboxylic acids is 2. The number of hydrogen-bond donors (Lipinski definition) is 0. The van der Waals surface area contributed by atoms with Crippen LogP contribution in [0.5, 0.6) is 0 Å². The van der Waals surface area contributed by atoms with Crippen molar-refractivity contribution < 1.29 is 28.5 Å². The first-order chi connectivity index (χ1) is 10.7. The van der Waals surface area contributed by atoms with Crippen LogP contribution < -0.4 is 0 Å². The third-order valence-corrected chi connectivity index (χ3v) is 3.52. The van der Waals surface area contributed by atoms with E-state index in [-0.39, 0.29) is 37.4 Å². The van der Waals surface area contributed by atoms with Crippen LogP contribution in [0.1, 0.15) is 61.8 Å². The lowest BCUT2D eigenvalue weighted by molar-refractivity contribution is -0.165. The molecule has 0 N–H and O–H groups in total. The highest BCUT2D eigenvalue weighted by Gasteiger charge is 2.42. The summed E-state index contributed by atoms with van der Waals surface area (Å²) in [5.74, 6) is -1.29. The van der Waals surface area contributed by atoms with Crippen molar-refractivity contribution in [3.05, 3.63) is 0 Å². The molecule has 0 unspecified atom stereocenters. The van der Waals surface area contributed by atoms with Crippen LogP contribution in [0.15, 0.2) is 0 Å². The summed E-state index contributed by atoms with van der Waals surface area (Å²) in [5, 5.41) is 0. The number of rotatable bonds is 5. The van der Waals surface area contributed by atoms with E-state index in [1.54, 1.807) is 20.8 Å². The minimum Gasteiger partial charge on any atom is -0.465 e. The molecule has 0 aromatic rings. The molecule has 2 atom stereocenters. The summed E-state index contributed by atoms with van der Waals surface area (Å²) in [6, 6.07) is 0. The predicted octanol–water partition coefficient (Wildman–Crippen LogP) is 3.08. The first kappa shape index (κ1) is 20.9. The van der Waals surface area contributed by atoms with Crippen molar-refractivity contribution >= 4 is 11.9 Å². The number of ether oxygens (including phenoxy) is 4. The summed E-state index contributed by atoms with van der Waals surface area (Å²) in [6.45, 7) is 14.8. The molecule has 0 aromatic heterocycles. The van der Waals surface area contributed by atoms with Crippen LogP contribution in [-0.2, 0) is 28.5 Å². The van der Waals surface area contributed by atoms with Gasteiger partial charge in [-0.1, -0.05) is 0 Å². The van der Waals surface area contributed by atoms with E-state index in [1.165, 1.54) is 0 Å². The molecule has 0 bridgehead atoms. The van der Waals surface area contributed by atoms with E-state index in [9.17, 15) is 9.59 Å². The second-order valence-corrected chi connectivity index (χ2v) is 8.74. The fraction of sp³-hybridized carbons (Fsp3) is 0.889. The van der Waals surface area contributed by atoms with Crippen LogP contribution in [0.3, 0.4) is 0 Å². The molecule has 0 spiro atoms. The van der Waals surface area contributed by atoms with Gasteiger partial charge in [-0.3, -0.25) is 9.59 Å². The highest BCUT2D eigenvalue weighted by Crippen LogP contribution is 2.31. The van der Waals surface area contributed by atoms with Gasteiger partial charge in [0.15, 0.2) is 5.79 Å². The van der Waals surface area contributed by atoms with E-state index >= 15 is 0 Å². The van der Waals surface area contributed by atoms with Crippen molar-refractivity contribution in [3.63, 3.8) is 0 Å². The van der Waals surface area contributed by atoms with Gasteiger partial charge in [0.2, 0.25) is 0 Å². The zero-order chi connectivity index (χ0) is 18.8. The highest BCUT2D eigenvalue weighted by molar-refractivity contribution is 5.75. The van der Waals surface area contributed by atoms with Crippen molar-refractivity contribution in [3.8, 4) is 0 Å². The Balaban J connectivity index is 2.54. The molecule has 140 valence electrons. The highest BCUT2D eigenvalue weighted by atomic mass is 16.8. The average molecular weight is 344 g/mol. The van der Waals surface area contributed by atoms with Crippen LogP contribution in [0.25, 0.3) is 0 Å². The molecule has 0 aromatic carbocycles. The van der Waals surface area contributed by atoms with Crippen LogP contribution in [-0.4, -0.2) is 43.1 Å². The van der Waals surface area contributed by atoms with Crippen molar-refractivity contribution in [2.24, 2.45) is 10.8 Å². The number of hydrogen-bond acceptors (Lipinski definition) is 6. The van der Waals surface area contributed by atoms with Crippen LogP contribution in [0.2, 0.25) is 0 Å². The molecule has 0 saturated carbocycles. The Hall–Kier alpha value is -1.14. The van der Waals surface area contributed by atoms with Crippen molar-refractivity contribution in [1.82, 2.24) is 0 Å². The fourth-order valence-corrected chi connectivity index (χ4v) is 2.15. The smallest absolute Gasteiger partial charge is 0.311 e. The van der Waals surface area contributed by atoms with Crippen LogP contribution in [0.4, 0.5) is 0 Å². The molecule has 24 heavy (non-hydrogen) atoms. The normalized spacial score (nSPS) is 23.8. The zero-order valence-electron chi connectivity index (χ0n) is 16.2.